The van der Waals surface area contributed by atoms with E-state index in [4.69, 9.17) is 19.9 Å². The van der Waals surface area contributed by atoms with Gasteiger partial charge in [0, 0.05) is 23.2 Å². The number of fused-ring (bicyclic) bond motifs is 3. The number of carbonyl (C=O) groups excluding carboxylic acids is 1. The second-order valence-electron chi connectivity index (χ2n) is 6.30. The van der Waals surface area contributed by atoms with E-state index in [9.17, 15) is 9.00 Å². The Bertz CT molecular complexity index is 1170. The molecule has 2 heterocycles. The fourth-order valence-corrected chi connectivity index (χ4v) is 4.65. The lowest BCUT2D eigenvalue weighted by Crippen LogP contribution is -2.10. The van der Waals surface area contributed by atoms with E-state index in [0.717, 1.165) is 5.56 Å². The van der Waals surface area contributed by atoms with Gasteiger partial charge in [0.05, 0.1) is 41.1 Å². The maximum atomic E-state index is 13.0. The van der Waals surface area contributed by atoms with Gasteiger partial charge in [-0.1, -0.05) is 30.3 Å². The maximum absolute atomic E-state index is 13.0. The Morgan fingerprint density at radius 1 is 1.14 bits per heavy atom. The van der Waals surface area contributed by atoms with Crippen molar-refractivity contribution >= 4 is 33.4 Å². The van der Waals surface area contributed by atoms with E-state index in [1.165, 1.54) is 20.4 Å². The second-order valence-corrected chi connectivity index (χ2v) is 7.65. The molecule has 8 heteroatoms. The first-order chi connectivity index (χ1) is 14.0. The van der Waals surface area contributed by atoms with Crippen LogP contribution in [0.2, 0.25) is 0 Å². The minimum absolute atomic E-state index is 0.0693. The second kappa shape index (κ2) is 7.56. The molecule has 0 radical (unpaired) electrons. The molecular weight excluding hydrogens is 392 g/mol. The molecule has 1 aliphatic heterocycles. The van der Waals surface area contributed by atoms with E-state index >= 15 is 0 Å². The van der Waals surface area contributed by atoms with Crippen LogP contribution in [0.25, 0.3) is 16.6 Å². The van der Waals surface area contributed by atoms with Crippen molar-refractivity contribution in [1.82, 2.24) is 4.98 Å². The van der Waals surface area contributed by atoms with Gasteiger partial charge in [-0.2, -0.15) is 0 Å². The van der Waals surface area contributed by atoms with Crippen LogP contribution in [0.1, 0.15) is 11.1 Å². The number of methoxy groups -OCH3 is 2. The molecule has 0 spiro atoms. The first-order valence-corrected chi connectivity index (χ1v) is 9.87. The van der Waals surface area contributed by atoms with Gasteiger partial charge in [-0.15, -0.1) is 0 Å². The normalized spacial score (nSPS) is 15.3. The molecule has 1 unspecified atom stereocenters. The van der Waals surface area contributed by atoms with E-state index < -0.39 is 16.8 Å². The summed E-state index contributed by atoms with van der Waals surface area (Å²) in [5.74, 6) is 0.250. The highest BCUT2D eigenvalue weighted by Gasteiger charge is 2.35. The molecule has 1 atom stereocenters. The van der Waals surface area contributed by atoms with E-state index in [2.05, 4.69) is 4.98 Å². The lowest BCUT2D eigenvalue weighted by molar-refractivity contribution is -0.135. The Morgan fingerprint density at radius 3 is 2.59 bits per heavy atom. The summed E-state index contributed by atoms with van der Waals surface area (Å²) in [4.78, 5) is 16.8. The van der Waals surface area contributed by atoms with Gasteiger partial charge in [0.25, 0.3) is 0 Å². The molecule has 2 aromatic carbocycles. The summed E-state index contributed by atoms with van der Waals surface area (Å²) < 4.78 is 29.1. The summed E-state index contributed by atoms with van der Waals surface area (Å²) >= 11 is 0. The van der Waals surface area contributed by atoms with Crippen molar-refractivity contribution in [3.63, 3.8) is 0 Å². The van der Waals surface area contributed by atoms with Crippen LogP contribution in [0, 0.1) is 0 Å². The number of rotatable bonds is 5. The largest absolute Gasteiger partial charge is 0.493 e. The zero-order valence-electron chi connectivity index (χ0n) is 15.8. The van der Waals surface area contributed by atoms with Gasteiger partial charge < -0.3 is 19.9 Å². The third-order valence-corrected chi connectivity index (χ3v) is 6.19. The average molecular weight is 410 g/mol. The predicted octanol–water partition coefficient (Wildman–Crippen LogP) is 2.74. The van der Waals surface area contributed by atoms with Gasteiger partial charge in [-0.3, -0.25) is 4.98 Å². The van der Waals surface area contributed by atoms with Crippen molar-refractivity contribution in [3.05, 3.63) is 64.7 Å². The first kappa shape index (κ1) is 18.9. The lowest BCUT2D eigenvalue weighted by atomic mass is 10.1. The third-order valence-electron chi connectivity index (χ3n) is 4.62. The Labute approximate surface area is 169 Å². The molecule has 0 saturated heterocycles. The zero-order chi connectivity index (χ0) is 20.5. The number of pyridine rings is 1. The molecule has 3 aromatic rings. The molecule has 0 amide bonds. The summed E-state index contributed by atoms with van der Waals surface area (Å²) in [6.45, 7) is 0.362. The molecule has 1 aromatic heterocycles. The van der Waals surface area contributed by atoms with Crippen molar-refractivity contribution in [2.75, 3.05) is 14.2 Å². The Kier molecular flexibility index (Phi) is 4.94. The van der Waals surface area contributed by atoms with Crippen LogP contribution in [0.5, 0.6) is 11.5 Å². The summed E-state index contributed by atoms with van der Waals surface area (Å²) in [5.41, 5.74) is 8.19. The standard InChI is InChI=1S/C21H18N2O5S/c1-26-16-8-13-15(9-17(16)28-11-12-6-4-3-5-7-12)23-10-14-18(22)20(21(24)27-2)29(25)19(13)14/h3-10H,11,22H2,1-2H3. The summed E-state index contributed by atoms with van der Waals surface area (Å²) in [7, 11) is 0.968. The van der Waals surface area contributed by atoms with Gasteiger partial charge in [0.2, 0.25) is 0 Å². The lowest BCUT2D eigenvalue weighted by Gasteiger charge is -2.13. The number of nitrogens with two attached hydrogens (primary N) is 1. The van der Waals surface area contributed by atoms with Crippen LogP contribution in [-0.4, -0.2) is 29.4 Å². The number of hydrogen-bond donors (Lipinski definition) is 1. The summed E-state index contributed by atoms with van der Waals surface area (Å²) in [5, 5.41) is 0.576. The number of hydrogen-bond acceptors (Lipinski definition) is 7. The molecule has 2 N–H and O–H groups in total. The average Bonchev–Trinajstić information content (AvgIpc) is 3.02. The molecule has 7 nitrogen and oxygen atoms in total. The topological polar surface area (TPSA) is 101 Å². The highest BCUT2D eigenvalue weighted by atomic mass is 32.2. The first-order valence-electron chi connectivity index (χ1n) is 8.72. The van der Waals surface area contributed by atoms with Crippen LogP contribution in [0.15, 0.2) is 58.5 Å². The Hall–Kier alpha value is -3.39. The van der Waals surface area contributed by atoms with Gasteiger partial charge in [0.1, 0.15) is 6.61 Å². The highest BCUT2D eigenvalue weighted by Crippen LogP contribution is 2.41. The quantitative estimate of drug-likeness (QED) is 0.646. The monoisotopic (exact) mass is 410 g/mol. The van der Waals surface area contributed by atoms with Crippen LogP contribution in [-0.2, 0) is 26.9 Å². The van der Waals surface area contributed by atoms with Gasteiger partial charge in [-0.05, 0) is 11.6 Å². The highest BCUT2D eigenvalue weighted by molar-refractivity contribution is 7.91. The Morgan fingerprint density at radius 2 is 1.90 bits per heavy atom. The molecular formula is C21H18N2O5S. The Balaban J connectivity index is 1.77. The third kappa shape index (κ3) is 3.21. The van der Waals surface area contributed by atoms with Crippen LogP contribution in [0.3, 0.4) is 0 Å². The maximum Gasteiger partial charge on any atom is 0.349 e. The predicted molar refractivity (Wildman–Crippen MR) is 109 cm³/mol. The molecule has 0 bridgehead atoms. The molecule has 148 valence electrons. The minimum Gasteiger partial charge on any atom is -0.493 e. The van der Waals surface area contributed by atoms with E-state index in [-0.39, 0.29) is 10.6 Å². The number of carbonyl (C=O) groups is 1. The van der Waals surface area contributed by atoms with Crippen molar-refractivity contribution < 1.29 is 23.2 Å². The molecule has 0 saturated carbocycles. The number of esters is 1. The van der Waals surface area contributed by atoms with Crippen molar-refractivity contribution in [3.8, 4) is 11.5 Å². The molecule has 4 rings (SSSR count). The number of ether oxygens (including phenoxy) is 3. The fraction of sp³-hybridized carbons (Fsp3) is 0.143. The molecule has 1 aliphatic rings. The van der Waals surface area contributed by atoms with Crippen LogP contribution in [0.4, 0.5) is 0 Å². The number of nitrogens with zero attached hydrogens (tertiary/aromatic N) is 1. The molecule has 0 aliphatic carbocycles. The van der Waals surface area contributed by atoms with Crippen molar-refractivity contribution in [1.29, 1.82) is 0 Å². The van der Waals surface area contributed by atoms with E-state index in [1.54, 1.807) is 12.1 Å². The van der Waals surface area contributed by atoms with Crippen LogP contribution >= 0.6 is 0 Å². The minimum atomic E-state index is -1.78. The summed E-state index contributed by atoms with van der Waals surface area (Å²) in [6.07, 6.45) is 1.51. The fourth-order valence-electron chi connectivity index (χ4n) is 3.18. The van der Waals surface area contributed by atoms with Crippen molar-refractivity contribution in [2.24, 2.45) is 5.73 Å². The smallest absolute Gasteiger partial charge is 0.349 e. The van der Waals surface area contributed by atoms with Crippen molar-refractivity contribution in [2.45, 2.75) is 11.5 Å². The molecule has 0 fully saturated rings. The zero-order valence-corrected chi connectivity index (χ0v) is 16.6. The number of benzene rings is 2. The van der Waals surface area contributed by atoms with E-state index in [1.807, 2.05) is 30.3 Å². The van der Waals surface area contributed by atoms with E-state index in [0.29, 0.717) is 39.5 Å². The molecule has 29 heavy (non-hydrogen) atoms. The van der Waals surface area contributed by atoms with Gasteiger partial charge >= 0.3 is 5.97 Å². The van der Waals surface area contributed by atoms with Crippen LogP contribution < -0.4 is 15.2 Å². The summed E-state index contributed by atoms with van der Waals surface area (Å²) in [6, 6.07) is 13.2. The van der Waals surface area contributed by atoms with Gasteiger partial charge in [-0.25, -0.2) is 9.00 Å². The number of aromatic nitrogens is 1. The van der Waals surface area contributed by atoms with Gasteiger partial charge in [0.15, 0.2) is 16.4 Å². The SMILES string of the molecule is COC(=O)C1=C(N)c2cnc3cc(OCc4ccccc4)c(OC)cc3c2S1=O.